The lowest BCUT2D eigenvalue weighted by Gasteiger charge is -2.25. The highest BCUT2D eigenvalue weighted by molar-refractivity contribution is 9.10. The summed E-state index contributed by atoms with van der Waals surface area (Å²) in [7, 11) is 3.64. The van der Waals surface area contributed by atoms with Crippen molar-refractivity contribution in [2.75, 3.05) is 19.4 Å². The molecule has 1 N–H and O–H groups in total. The first kappa shape index (κ1) is 13.3. The fraction of sp³-hybridized carbons (Fsp3) is 0.538. The molecule has 2 rings (SSSR count). The van der Waals surface area contributed by atoms with Crippen LogP contribution in [-0.2, 0) is 0 Å². The number of hydrogen-bond donors (Lipinski definition) is 1. The van der Waals surface area contributed by atoms with Gasteiger partial charge in [-0.2, -0.15) is 0 Å². The zero-order chi connectivity index (χ0) is 13.3. The van der Waals surface area contributed by atoms with Gasteiger partial charge in [0.25, 0.3) is 5.91 Å². The van der Waals surface area contributed by atoms with Crippen LogP contribution in [0.1, 0.15) is 30.1 Å². The van der Waals surface area contributed by atoms with Gasteiger partial charge >= 0.3 is 0 Å². The number of pyridine rings is 1. The number of rotatable bonds is 4. The van der Waals surface area contributed by atoms with Gasteiger partial charge in [0.15, 0.2) is 0 Å². The van der Waals surface area contributed by atoms with E-state index in [0.717, 1.165) is 4.47 Å². The molecular formula is C13H18BrN3O. The number of anilines is 1. The number of carbonyl (C=O) groups excluding carboxylic acids is 1. The molecule has 1 unspecified atom stereocenters. The Labute approximate surface area is 116 Å². The number of carbonyl (C=O) groups is 1. The summed E-state index contributed by atoms with van der Waals surface area (Å²) in [6.07, 6.45) is 4.15. The van der Waals surface area contributed by atoms with Gasteiger partial charge in [-0.05, 0) is 47.7 Å². The largest absolute Gasteiger partial charge is 0.372 e. The van der Waals surface area contributed by atoms with Gasteiger partial charge in [-0.15, -0.1) is 0 Å². The van der Waals surface area contributed by atoms with Gasteiger partial charge in [0.1, 0.15) is 5.82 Å². The van der Waals surface area contributed by atoms with Crippen molar-refractivity contribution in [3.05, 3.63) is 22.3 Å². The zero-order valence-corrected chi connectivity index (χ0v) is 12.5. The van der Waals surface area contributed by atoms with Gasteiger partial charge in [-0.1, -0.05) is 0 Å². The molecule has 0 aliphatic heterocycles. The maximum atomic E-state index is 12.5. The third-order valence-corrected chi connectivity index (χ3v) is 3.99. The van der Waals surface area contributed by atoms with Crippen molar-refractivity contribution < 1.29 is 4.79 Å². The van der Waals surface area contributed by atoms with Crippen LogP contribution in [0.2, 0.25) is 0 Å². The lowest BCUT2D eigenvalue weighted by molar-refractivity contribution is 0.0728. The van der Waals surface area contributed by atoms with Crippen molar-refractivity contribution >= 4 is 27.7 Å². The summed E-state index contributed by atoms with van der Waals surface area (Å²) in [6, 6.07) is 2.11. The van der Waals surface area contributed by atoms with E-state index in [-0.39, 0.29) is 5.91 Å². The number of nitrogens with one attached hydrogen (secondary N) is 1. The summed E-state index contributed by atoms with van der Waals surface area (Å²) in [5, 5.41) is 2.96. The van der Waals surface area contributed by atoms with E-state index in [0.29, 0.717) is 23.3 Å². The number of amides is 1. The summed E-state index contributed by atoms with van der Waals surface area (Å²) in [5.74, 6) is 1.31. The monoisotopic (exact) mass is 311 g/mol. The summed E-state index contributed by atoms with van der Waals surface area (Å²) < 4.78 is 0.817. The number of nitrogens with zero attached hydrogens (tertiary/aromatic N) is 2. The van der Waals surface area contributed by atoms with Gasteiger partial charge in [-0.3, -0.25) is 4.79 Å². The van der Waals surface area contributed by atoms with E-state index in [1.54, 1.807) is 13.2 Å². The topological polar surface area (TPSA) is 45.2 Å². The Kier molecular flexibility index (Phi) is 3.90. The molecule has 1 amide bonds. The fourth-order valence-electron chi connectivity index (χ4n) is 2.07. The first-order valence-corrected chi connectivity index (χ1v) is 6.94. The molecule has 5 heteroatoms. The molecular weight excluding hydrogens is 294 g/mol. The minimum Gasteiger partial charge on any atom is -0.372 e. The molecule has 4 nitrogen and oxygen atoms in total. The molecule has 0 radical (unpaired) electrons. The van der Waals surface area contributed by atoms with Crippen LogP contribution < -0.4 is 5.32 Å². The van der Waals surface area contributed by atoms with Gasteiger partial charge in [0.05, 0.1) is 5.56 Å². The minimum absolute atomic E-state index is 0.0209. The Hall–Kier alpha value is -1.10. The van der Waals surface area contributed by atoms with Crippen molar-refractivity contribution in [2.24, 2.45) is 5.92 Å². The molecule has 18 heavy (non-hydrogen) atoms. The Morgan fingerprint density at radius 1 is 1.61 bits per heavy atom. The van der Waals surface area contributed by atoms with Gasteiger partial charge < -0.3 is 10.2 Å². The first-order valence-electron chi connectivity index (χ1n) is 6.15. The first-order chi connectivity index (χ1) is 8.54. The zero-order valence-electron chi connectivity index (χ0n) is 10.9. The van der Waals surface area contributed by atoms with Crippen LogP contribution in [0.3, 0.4) is 0 Å². The molecule has 0 spiro atoms. The quantitative estimate of drug-likeness (QED) is 0.930. The number of hydrogen-bond acceptors (Lipinski definition) is 3. The molecule has 1 aliphatic carbocycles. The normalized spacial score (nSPS) is 16.2. The van der Waals surface area contributed by atoms with Gasteiger partial charge in [-0.25, -0.2) is 4.98 Å². The molecule has 0 bridgehead atoms. The third kappa shape index (κ3) is 2.66. The van der Waals surface area contributed by atoms with Crippen LogP contribution in [0, 0.1) is 5.92 Å². The molecule has 1 aliphatic rings. The second-order valence-corrected chi connectivity index (χ2v) is 5.71. The highest BCUT2D eigenvalue weighted by Crippen LogP contribution is 2.35. The van der Waals surface area contributed by atoms with E-state index in [2.05, 4.69) is 33.2 Å². The number of halogens is 1. The lowest BCUT2D eigenvalue weighted by Crippen LogP contribution is -2.36. The maximum Gasteiger partial charge on any atom is 0.257 e. The van der Waals surface area contributed by atoms with Gasteiger partial charge in [0, 0.05) is 30.8 Å². The maximum absolute atomic E-state index is 12.5. The summed E-state index contributed by atoms with van der Waals surface area (Å²) in [5.41, 5.74) is 0.613. The molecule has 1 atom stereocenters. The van der Waals surface area contributed by atoms with Crippen LogP contribution >= 0.6 is 15.9 Å². The predicted molar refractivity (Wildman–Crippen MR) is 75.8 cm³/mol. The lowest BCUT2D eigenvalue weighted by atomic mass is 10.1. The van der Waals surface area contributed by atoms with Crippen molar-refractivity contribution in [1.29, 1.82) is 0 Å². The van der Waals surface area contributed by atoms with Gasteiger partial charge in [0.2, 0.25) is 0 Å². The minimum atomic E-state index is 0.0209. The van der Waals surface area contributed by atoms with Crippen LogP contribution in [0.25, 0.3) is 0 Å². The summed E-state index contributed by atoms with van der Waals surface area (Å²) in [6.45, 7) is 2.11. The van der Waals surface area contributed by atoms with E-state index in [4.69, 9.17) is 0 Å². The molecule has 1 heterocycles. The highest BCUT2D eigenvalue weighted by Gasteiger charge is 2.33. The standard InChI is InChI=1S/C13H18BrN3O/c1-8(9-4-5-9)17(3)13(18)11-6-10(14)7-16-12(11)15-2/h6-9H,4-5H2,1-3H3,(H,15,16). The Morgan fingerprint density at radius 2 is 2.28 bits per heavy atom. The Morgan fingerprint density at radius 3 is 2.83 bits per heavy atom. The molecule has 1 fully saturated rings. The van der Waals surface area contributed by atoms with Crippen LogP contribution in [0.4, 0.5) is 5.82 Å². The second kappa shape index (κ2) is 5.26. The van der Waals surface area contributed by atoms with E-state index in [1.807, 2.05) is 18.0 Å². The molecule has 1 saturated carbocycles. The molecule has 1 aromatic heterocycles. The molecule has 0 saturated heterocycles. The predicted octanol–water partition coefficient (Wildman–Crippen LogP) is 2.76. The van der Waals surface area contributed by atoms with Crippen molar-refractivity contribution in [1.82, 2.24) is 9.88 Å². The average molecular weight is 312 g/mol. The van der Waals surface area contributed by atoms with Crippen molar-refractivity contribution in [2.45, 2.75) is 25.8 Å². The SMILES string of the molecule is CNc1ncc(Br)cc1C(=O)N(C)C(C)C1CC1. The molecule has 98 valence electrons. The van der Waals surface area contributed by atoms with E-state index in [1.165, 1.54) is 12.8 Å². The molecule has 1 aromatic rings. The highest BCUT2D eigenvalue weighted by atomic mass is 79.9. The van der Waals surface area contributed by atoms with E-state index in [9.17, 15) is 4.79 Å². The van der Waals surface area contributed by atoms with E-state index >= 15 is 0 Å². The third-order valence-electron chi connectivity index (χ3n) is 3.56. The Bertz CT molecular complexity index is 460. The molecule has 0 aromatic carbocycles. The van der Waals surface area contributed by atoms with Crippen LogP contribution in [-0.4, -0.2) is 35.9 Å². The Balaban J connectivity index is 2.23. The van der Waals surface area contributed by atoms with Crippen LogP contribution in [0.5, 0.6) is 0 Å². The smallest absolute Gasteiger partial charge is 0.257 e. The second-order valence-electron chi connectivity index (χ2n) is 4.79. The summed E-state index contributed by atoms with van der Waals surface area (Å²) >= 11 is 3.36. The average Bonchev–Trinajstić information content (AvgIpc) is 3.20. The van der Waals surface area contributed by atoms with Crippen molar-refractivity contribution in [3.63, 3.8) is 0 Å². The fourth-order valence-corrected chi connectivity index (χ4v) is 2.40. The van der Waals surface area contributed by atoms with E-state index < -0.39 is 0 Å². The van der Waals surface area contributed by atoms with Crippen molar-refractivity contribution in [3.8, 4) is 0 Å². The van der Waals surface area contributed by atoms with Crippen LogP contribution in [0.15, 0.2) is 16.7 Å². The number of aromatic nitrogens is 1. The summed E-state index contributed by atoms with van der Waals surface area (Å²) in [4.78, 5) is 18.5.